The molecule has 0 amide bonds. The first-order valence-corrected chi connectivity index (χ1v) is 8.91. The number of methoxy groups -OCH3 is 1. The Bertz CT molecular complexity index is 986. The molecule has 4 heteroatoms. The lowest BCUT2D eigenvalue weighted by atomic mass is 10.0. The Morgan fingerprint density at radius 1 is 1.04 bits per heavy atom. The highest BCUT2D eigenvalue weighted by Crippen LogP contribution is 2.25. The predicted octanol–water partition coefficient (Wildman–Crippen LogP) is 4.10. The van der Waals surface area contributed by atoms with Crippen molar-refractivity contribution in [1.82, 2.24) is 14.9 Å². The van der Waals surface area contributed by atoms with E-state index in [4.69, 9.17) is 4.74 Å². The Hall–Kier alpha value is -3.06. The number of nitrogens with zero attached hydrogens (tertiary/aromatic N) is 3. The molecule has 1 aromatic carbocycles. The second-order valence-corrected chi connectivity index (χ2v) is 6.64. The van der Waals surface area contributed by atoms with Gasteiger partial charge in [0.05, 0.1) is 7.11 Å². The topological polar surface area (TPSA) is 38.2 Å². The van der Waals surface area contributed by atoms with Gasteiger partial charge < -0.3 is 9.64 Å². The fourth-order valence-electron chi connectivity index (χ4n) is 3.29. The van der Waals surface area contributed by atoms with Gasteiger partial charge in [-0.2, -0.15) is 0 Å². The molecule has 0 bridgehead atoms. The van der Waals surface area contributed by atoms with Gasteiger partial charge in [0.1, 0.15) is 5.69 Å². The van der Waals surface area contributed by atoms with Crippen LogP contribution in [0.5, 0.6) is 5.88 Å². The van der Waals surface area contributed by atoms with Crippen molar-refractivity contribution in [2.75, 3.05) is 13.7 Å². The number of ether oxygens (including phenoxy) is 1. The van der Waals surface area contributed by atoms with Crippen LogP contribution in [0, 0.1) is 12.0 Å². The van der Waals surface area contributed by atoms with Crippen molar-refractivity contribution < 1.29 is 4.74 Å². The Balaban J connectivity index is 1.60. The number of hydrogen-bond donors (Lipinski definition) is 0. The van der Waals surface area contributed by atoms with Crippen molar-refractivity contribution >= 4 is 10.8 Å². The lowest BCUT2D eigenvalue weighted by molar-refractivity contribution is 0.395. The Morgan fingerprint density at radius 3 is 2.65 bits per heavy atom. The van der Waals surface area contributed by atoms with Gasteiger partial charge in [-0.3, -0.25) is 0 Å². The lowest BCUT2D eigenvalue weighted by Gasteiger charge is -2.14. The van der Waals surface area contributed by atoms with E-state index in [9.17, 15) is 0 Å². The summed E-state index contributed by atoms with van der Waals surface area (Å²) in [4.78, 5) is 11.0. The molecule has 1 atom stereocenters. The summed E-state index contributed by atoms with van der Waals surface area (Å²) < 4.78 is 5.12. The molecule has 26 heavy (non-hydrogen) atoms. The third kappa shape index (κ3) is 3.34. The first-order chi connectivity index (χ1) is 12.7. The molecule has 0 radical (unpaired) electrons. The van der Waals surface area contributed by atoms with Gasteiger partial charge >= 0.3 is 0 Å². The zero-order valence-electron chi connectivity index (χ0n) is 15.1. The number of aromatic nitrogens is 2. The van der Waals surface area contributed by atoms with E-state index in [1.54, 1.807) is 7.11 Å². The SMILES string of the molecule is COc1ccc(-c2ccc3cc(C#CN4CCC[C@H]4C)ncc3c2)cn1. The number of fused-ring (bicyclic) bond motifs is 1. The molecule has 4 nitrogen and oxygen atoms in total. The average molecular weight is 343 g/mol. The molecule has 0 aliphatic carbocycles. The first kappa shape index (κ1) is 16.4. The van der Waals surface area contributed by atoms with Crippen molar-refractivity contribution in [3.8, 4) is 29.0 Å². The third-order valence-corrected chi connectivity index (χ3v) is 4.88. The molecule has 3 heterocycles. The minimum absolute atomic E-state index is 0.545. The fraction of sp³-hybridized carbons (Fsp3) is 0.273. The third-order valence-electron chi connectivity index (χ3n) is 4.88. The van der Waals surface area contributed by atoms with Crippen LogP contribution in [-0.4, -0.2) is 34.6 Å². The minimum atomic E-state index is 0.545. The molecule has 0 saturated carbocycles. The molecule has 1 saturated heterocycles. The van der Waals surface area contributed by atoms with Crippen LogP contribution >= 0.6 is 0 Å². The minimum Gasteiger partial charge on any atom is -0.481 e. The summed E-state index contributed by atoms with van der Waals surface area (Å²) in [5.41, 5.74) is 2.98. The fourth-order valence-corrected chi connectivity index (χ4v) is 3.29. The van der Waals surface area contributed by atoms with Crippen LogP contribution in [0.4, 0.5) is 0 Å². The average Bonchev–Trinajstić information content (AvgIpc) is 3.10. The van der Waals surface area contributed by atoms with Crippen molar-refractivity contribution in [2.24, 2.45) is 0 Å². The van der Waals surface area contributed by atoms with Crippen LogP contribution in [-0.2, 0) is 0 Å². The van der Waals surface area contributed by atoms with Crippen molar-refractivity contribution in [2.45, 2.75) is 25.8 Å². The number of rotatable bonds is 2. The summed E-state index contributed by atoms with van der Waals surface area (Å²) in [5, 5.41) is 2.24. The molecule has 4 rings (SSSR count). The molecule has 1 aliphatic rings. The molecule has 1 fully saturated rings. The van der Waals surface area contributed by atoms with Gasteiger partial charge in [-0.1, -0.05) is 12.1 Å². The molecule has 130 valence electrons. The largest absolute Gasteiger partial charge is 0.481 e. The van der Waals surface area contributed by atoms with Crippen LogP contribution < -0.4 is 4.74 Å². The van der Waals surface area contributed by atoms with E-state index in [0.29, 0.717) is 11.9 Å². The van der Waals surface area contributed by atoms with Gasteiger partial charge in [-0.05, 0) is 54.8 Å². The lowest BCUT2D eigenvalue weighted by Crippen LogP contribution is -2.20. The molecule has 0 spiro atoms. The van der Waals surface area contributed by atoms with E-state index in [1.807, 2.05) is 24.5 Å². The van der Waals surface area contributed by atoms with E-state index in [-0.39, 0.29) is 0 Å². The summed E-state index contributed by atoms with van der Waals surface area (Å²) >= 11 is 0. The van der Waals surface area contributed by atoms with Gasteiger partial charge in [0.15, 0.2) is 0 Å². The van der Waals surface area contributed by atoms with Crippen molar-refractivity contribution in [1.29, 1.82) is 0 Å². The van der Waals surface area contributed by atoms with E-state index in [1.165, 1.54) is 12.8 Å². The van der Waals surface area contributed by atoms with E-state index >= 15 is 0 Å². The zero-order chi connectivity index (χ0) is 17.9. The zero-order valence-corrected chi connectivity index (χ0v) is 15.1. The second kappa shape index (κ2) is 7.05. The van der Waals surface area contributed by atoms with E-state index < -0.39 is 0 Å². The summed E-state index contributed by atoms with van der Waals surface area (Å²) in [6.07, 6.45) is 6.17. The summed E-state index contributed by atoms with van der Waals surface area (Å²) in [5.74, 6) is 3.83. The van der Waals surface area contributed by atoms with Crippen LogP contribution in [0.15, 0.2) is 48.8 Å². The molecule has 3 aromatic rings. The number of likely N-dealkylation sites (tertiary alicyclic amines) is 1. The maximum Gasteiger partial charge on any atom is 0.212 e. The molecule has 0 N–H and O–H groups in total. The smallest absolute Gasteiger partial charge is 0.212 e. The summed E-state index contributed by atoms with van der Waals surface area (Å²) in [6.45, 7) is 3.28. The highest BCUT2D eigenvalue weighted by Gasteiger charge is 2.16. The monoisotopic (exact) mass is 343 g/mol. The second-order valence-electron chi connectivity index (χ2n) is 6.64. The first-order valence-electron chi connectivity index (χ1n) is 8.91. The summed E-state index contributed by atoms with van der Waals surface area (Å²) in [7, 11) is 1.62. The normalized spacial score (nSPS) is 16.4. The summed E-state index contributed by atoms with van der Waals surface area (Å²) in [6, 6.07) is 16.1. The predicted molar refractivity (Wildman–Crippen MR) is 104 cm³/mol. The maximum absolute atomic E-state index is 5.12. The molecular weight excluding hydrogens is 322 g/mol. The highest BCUT2D eigenvalue weighted by molar-refractivity contribution is 5.87. The van der Waals surface area contributed by atoms with Crippen LogP contribution in [0.1, 0.15) is 25.5 Å². The quantitative estimate of drug-likeness (QED) is 0.657. The standard InChI is InChI=1S/C22H21N3O/c1-16-4-3-10-25(16)11-9-21-13-18-6-5-17(12-20(18)15-23-21)19-7-8-22(26-2)24-14-19/h5-8,12-16H,3-4,10H2,1-2H3/t16-/m1/s1. The molecular formula is C22H21N3O. The van der Waals surface area contributed by atoms with Crippen LogP contribution in [0.3, 0.4) is 0 Å². The number of pyridine rings is 2. The number of benzene rings is 1. The number of hydrogen-bond acceptors (Lipinski definition) is 4. The Labute approximate surface area is 153 Å². The molecule has 0 unspecified atom stereocenters. The Kier molecular flexibility index (Phi) is 4.45. The van der Waals surface area contributed by atoms with Crippen molar-refractivity contribution in [3.63, 3.8) is 0 Å². The molecule has 1 aliphatic heterocycles. The Morgan fingerprint density at radius 2 is 1.92 bits per heavy atom. The van der Waals surface area contributed by atoms with Crippen molar-refractivity contribution in [3.05, 3.63) is 54.5 Å². The van der Waals surface area contributed by atoms with Gasteiger partial charge in [-0.15, -0.1) is 0 Å². The maximum atomic E-state index is 5.12. The van der Waals surface area contributed by atoms with E-state index in [0.717, 1.165) is 34.1 Å². The van der Waals surface area contributed by atoms with Gasteiger partial charge in [-0.25, -0.2) is 9.97 Å². The van der Waals surface area contributed by atoms with Gasteiger partial charge in [0, 0.05) is 48.0 Å². The van der Waals surface area contributed by atoms with Crippen LogP contribution in [0.2, 0.25) is 0 Å². The van der Waals surface area contributed by atoms with Gasteiger partial charge in [0.25, 0.3) is 0 Å². The van der Waals surface area contributed by atoms with Crippen LogP contribution in [0.25, 0.3) is 21.9 Å². The highest BCUT2D eigenvalue weighted by atomic mass is 16.5. The van der Waals surface area contributed by atoms with E-state index in [2.05, 4.69) is 58.0 Å². The van der Waals surface area contributed by atoms with Gasteiger partial charge in [0.2, 0.25) is 5.88 Å². The molecule has 2 aromatic heterocycles.